The molecule has 0 aromatic heterocycles. The first kappa shape index (κ1) is 34.6. The minimum Gasteiger partial charge on any atom is -0.457 e. The third-order valence-corrected chi connectivity index (χ3v) is 13.4. The maximum Gasteiger partial charge on any atom is 0.132 e. The van der Waals surface area contributed by atoms with Crippen molar-refractivity contribution < 1.29 is 4.74 Å². The normalized spacial score (nSPS) is 14.2. The van der Waals surface area contributed by atoms with Crippen molar-refractivity contribution in [2.75, 3.05) is 4.90 Å². The molecule has 12 rings (SSSR count). The van der Waals surface area contributed by atoms with Gasteiger partial charge < -0.3 is 9.64 Å². The SMILES string of the molecule is CC1(C)c2ccccc2-c2ccc(N(c3ccc(-c4ccc(-c5ccccc5)cc4)cc3)c3ccc4c(c3)C3(c5ccccc5Oc5ccccc53)c3ccccc3-4)cc21. The first-order chi connectivity index (χ1) is 29.5. The van der Waals surface area contributed by atoms with E-state index in [1.807, 2.05) is 0 Å². The van der Waals surface area contributed by atoms with E-state index >= 15 is 0 Å². The number of anilines is 3. The summed E-state index contributed by atoms with van der Waals surface area (Å²) in [7, 11) is 0. The molecular weight excluding hydrogens is 727 g/mol. The van der Waals surface area contributed by atoms with Gasteiger partial charge in [-0.25, -0.2) is 0 Å². The summed E-state index contributed by atoms with van der Waals surface area (Å²) < 4.78 is 6.67. The fourth-order valence-corrected chi connectivity index (χ4v) is 10.5. The second-order valence-corrected chi connectivity index (χ2v) is 16.8. The van der Waals surface area contributed by atoms with Crippen molar-refractivity contribution >= 4 is 17.1 Å². The highest BCUT2D eigenvalue weighted by atomic mass is 16.5. The fourth-order valence-electron chi connectivity index (χ4n) is 10.5. The molecule has 0 amide bonds. The van der Waals surface area contributed by atoms with E-state index in [0.29, 0.717) is 0 Å². The van der Waals surface area contributed by atoms with Crippen LogP contribution in [-0.2, 0) is 10.8 Å². The first-order valence-corrected chi connectivity index (χ1v) is 20.9. The van der Waals surface area contributed by atoms with E-state index in [-0.39, 0.29) is 5.41 Å². The van der Waals surface area contributed by atoms with Gasteiger partial charge in [0.1, 0.15) is 11.5 Å². The molecule has 0 bridgehead atoms. The van der Waals surface area contributed by atoms with E-state index < -0.39 is 5.41 Å². The monoisotopic (exact) mass is 767 g/mol. The van der Waals surface area contributed by atoms with Crippen molar-refractivity contribution in [1.29, 1.82) is 0 Å². The third kappa shape index (κ3) is 4.94. The highest BCUT2D eigenvalue weighted by Gasteiger charge is 2.51. The lowest BCUT2D eigenvalue weighted by Crippen LogP contribution is -2.32. The van der Waals surface area contributed by atoms with Gasteiger partial charge in [-0.1, -0.05) is 178 Å². The van der Waals surface area contributed by atoms with Crippen LogP contribution >= 0.6 is 0 Å². The zero-order valence-corrected chi connectivity index (χ0v) is 33.6. The molecule has 1 aliphatic heterocycles. The minimum atomic E-state index is -0.559. The van der Waals surface area contributed by atoms with Gasteiger partial charge in [-0.05, 0) is 115 Å². The summed E-state index contributed by atoms with van der Waals surface area (Å²) in [6.45, 7) is 4.72. The molecule has 0 atom stereocenters. The standard InChI is InChI=1S/C58H41NO/c1-57(2)49-18-8-6-16-45(49)47-34-32-43(36-53(47)57)59(42-30-28-41(29-31-42)40-26-24-39(25-27-40)38-14-4-3-5-15-38)44-33-35-48-46-17-7-9-19-50(46)58(54(48)37-44)51-20-10-12-22-55(51)60-56-23-13-11-21-52(56)58/h3-37H,1-2H3. The predicted molar refractivity (Wildman–Crippen MR) is 247 cm³/mol. The van der Waals surface area contributed by atoms with Gasteiger partial charge >= 0.3 is 0 Å². The Kier molecular flexibility index (Phi) is 7.52. The number of ether oxygens (including phenoxy) is 1. The van der Waals surface area contributed by atoms with Crippen LogP contribution in [0.2, 0.25) is 0 Å². The van der Waals surface area contributed by atoms with Gasteiger partial charge in [-0.3, -0.25) is 0 Å². The number of fused-ring (bicyclic) bond motifs is 12. The predicted octanol–water partition coefficient (Wildman–Crippen LogP) is 15.3. The summed E-state index contributed by atoms with van der Waals surface area (Å²) >= 11 is 0. The highest BCUT2D eigenvalue weighted by molar-refractivity contribution is 5.92. The summed E-state index contributed by atoms with van der Waals surface area (Å²) in [5.41, 5.74) is 20.2. The maximum atomic E-state index is 6.67. The van der Waals surface area contributed by atoms with Gasteiger partial charge in [0.25, 0.3) is 0 Å². The van der Waals surface area contributed by atoms with Crippen LogP contribution in [0.1, 0.15) is 47.2 Å². The molecule has 0 N–H and O–H groups in total. The molecule has 1 spiro atoms. The molecule has 0 fully saturated rings. The molecule has 284 valence electrons. The van der Waals surface area contributed by atoms with Crippen molar-refractivity contribution in [3.05, 3.63) is 246 Å². The quantitative estimate of drug-likeness (QED) is 0.173. The molecule has 0 saturated heterocycles. The van der Waals surface area contributed by atoms with Crippen LogP contribution in [0.3, 0.4) is 0 Å². The van der Waals surface area contributed by atoms with E-state index in [1.165, 1.54) is 77.9 Å². The number of benzene rings is 9. The van der Waals surface area contributed by atoms with Crippen LogP contribution in [0.25, 0.3) is 44.5 Å². The lowest BCUT2D eigenvalue weighted by atomic mass is 9.66. The second-order valence-electron chi connectivity index (χ2n) is 16.8. The molecule has 0 unspecified atom stereocenters. The molecule has 2 aliphatic carbocycles. The number of rotatable bonds is 5. The summed E-state index contributed by atoms with van der Waals surface area (Å²) in [6.07, 6.45) is 0. The number of para-hydroxylation sites is 2. The van der Waals surface area contributed by atoms with Crippen molar-refractivity contribution in [1.82, 2.24) is 0 Å². The zero-order chi connectivity index (χ0) is 40.0. The van der Waals surface area contributed by atoms with Crippen LogP contribution < -0.4 is 9.64 Å². The van der Waals surface area contributed by atoms with Gasteiger partial charge in [-0.15, -0.1) is 0 Å². The highest BCUT2D eigenvalue weighted by Crippen LogP contribution is 2.63. The van der Waals surface area contributed by atoms with Gasteiger partial charge in [0.2, 0.25) is 0 Å². The lowest BCUT2D eigenvalue weighted by molar-refractivity contribution is 0.436. The van der Waals surface area contributed by atoms with Crippen LogP contribution in [0, 0.1) is 0 Å². The molecule has 0 saturated carbocycles. The van der Waals surface area contributed by atoms with E-state index in [4.69, 9.17) is 4.74 Å². The van der Waals surface area contributed by atoms with Gasteiger partial charge in [-0.2, -0.15) is 0 Å². The Morgan fingerprint density at radius 2 is 0.717 bits per heavy atom. The summed E-state index contributed by atoms with van der Waals surface area (Å²) in [6, 6.07) is 77.8. The third-order valence-electron chi connectivity index (χ3n) is 13.4. The molecule has 9 aromatic rings. The van der Waals surface area contributed by atoms with Crippen LogP contribution in [0.15, 0.2) is 212 Å². The lowest BCUT2D eigenvalue weighted by Gasteiger charge is -2.39. The first-order valence-electron chi connectivity index (χ1n) is 20.9. The van der Waals surface area contributed by atoms with Gasteiger partial charge in [0, 0.05) is 33.6 Å². The average Bonchev–Trinajstić information content (AvgIpc) is 3.72. The number of hydrogen-bond donors (Lipinski definition) is 0. The Hall–Kier alpha value is -7.42. The van der Waals surface area contributed by atoms with Crippen molar-refractivity contribution in [2.45, 2.75) is 24.7 Å². The molecule has 0 radical (unpaired) electrons. The Labute approximate surface area is 351 Å². The van der Waals surface area contributed by atoms with E-state index in [0.717, 1.165) is 28.6 Å². The maximum absolute atomic E-state index is 6.67. The Balaban J connectivity index is 1.05. The number of hydrogen-bond acceptors (Lipinski definition) is 2. The van der Waals surface area contributed by atoms with Gasteiger partial charge in [0.05, 0.1) is 5.41 Å². The molecule has 3 aliphatic rings. The van der Waals surface area contributed by atoms with Crippen molar-refractivity contribution in [3.63, 3.8) is 0 Å². The van der Waals surface area contributed by atoms with Crippen molar-refractivity contribution in [3.8, 4) is 56.0 Å². The smallest absolute Gasteiger partial charge is 0.132 e. The second kappa shape index (κ2) is 13.0. The van der Waals surface area contributed by atoms with E-state index in [2.05, 4.69) is 231 Å². The van der Waals surface area contributed by atoms with E-state index in [9.17, 15) is 0 Å². The summed E-state index contributed by atoms with van der Waals surface area (Å²) in [5, 5.41) is 0. The summed E-state index contributed by atoms with van der Waals surface area (Å²) in [5.74, 6) is 1.79. The molecule has 1 heterocycles. The van der Waals surface area contributed by atoms with Gasteiger partial charge in [0.15, 0.2) is 0 Å². The average molecular weight is 768 g/mol. The minimum absolute atomic E-state index is 0.136. The van der Waals surface area contributed by atoms with Crippen LogP contribution in [0.4, 0.5) is 17.1 Å². The van der Waals surface area contributed by atoms with Crippen LogP contribution in [0.5, 0.6) is 11.5 Å². The summed E-state index contributed by atoms with van der Waals surface area (Å²) in [4.78, 5) is 2.45. The Morgan fingerprint density at radius 3 is 1.32 bits per heavy atom. The molecule has 9 aromatic carbocycles. The molecule has 60 heavy (non-hydrogen) atoms. The fraction of sp³-hybridized carbons (Fsp3) is 0.0690. The molecule has 2 heteroatoms. The van der Waals surface area contributed by atoms with Crippen LogP contribution in [-0.4, -0.2) is 0 Å². The Morgan fingerprint density at radius 1 is 0.317 bits per heavy atom. The van der Waals surface area contributed by atoms with E-state index in [1.54, 1.807) is 0 Å². The number of nitrogens with zero attached hydrogens (tertiary/aromatic N) is 1. The largest absolute Gasteiger partial charge is 0.457 e. The topological polar surface area (TPSA) is 12.5 Å². The Bertz CT molecular complexity index is 3090. The molecule has 2 nitrogen and oxygen atoms in total. The zero-order valence-electron chi connectivity index (χ0n) is 33.6. The molecular formula is C58H41NO. The van der Waals surface area contributed by atoms with Crippen molar-refractivity contribution in [2.24, 2.45) is 0 Å².